The lowest BCUT2D eigenvalue weighted by molar-refractivity contribution is -0.144. The molecule has 6 amide bonds. The highest BCUT2D eigenvalue weighted by atomic mass is 16.2. The van der Waals surface area contributed by atoms with E-state index in [9.17, 15) is 24.0 Å². The van der Waals surface area contributed by atoms with Crippen molar-refractivity contribution < 1.29 is 24.0 Å². The Morgan fingerprint density at radius 1 is 1.00 bits per heavy atom. The summed E-state index contributed by atoms with van der Waals surface area (Å²) in [5.74, 6) is -2.92. The summed E-state index contributed by atoms with van der Waals surface area (Å²) in [6.07, 6.45) is 1.91. The van der Waals surface area contributed by atoms with Crippen LogP contribution in [0.25, 0.3) is 0 Å². The second-order valence-electron chi connectivity index (χ2n) is 7.81. The summed E-state index contributed by atoms with van der Waals surface area (Å²) in [4.78, 5) is 63.7. The summed E-state index contributed by atoms with van der Waals surface area (Å²) >= 11 is 0. The molecule has 1 aliphatic carbocycles. The van der Waals surface area contributed by atoms with Crippen LogP contribution in [0.15, 0.2) is 54.6 Å². The minimum Gasteiger partial charge on any atom is -0.349 e. The van der Waals surface area contributed by atoms with Gasteiger partial charge in [0, 0.05) is 17.3 Å². The first-order chi connectivity index (χ1) is 15.3. The van der Waals surface area contributed by atoms with Crippen LogP contribution >= 0.6 is 0 Å². The summed E-state index contributed by atoms with van der Waals surface area (Å²) in [6, 6.07) is 13.9. The predicted octanol–water partition coefficient (Wildman–Crippen LogP) is 2.07. The van der Waals surface area contributed by atoms with Gasteiger partial charge < -0.3 is 10.6 Å². The highest BCUT2D eigenvalue weighted by Crippen LogP contribution is 2.26. The maximum atomic E-state index is 12.8. The Morgan fingerprint density at radius 2 is 1.72 bits per heavy atom. The second-order valence-corrected chi connectivity index (χ2v) is 7.81. The van der Waals surface area contributed by atoms with Gasteiger partial charge in [-0.15, -0.1) is 0 Å². The molecule has 0 radical (unpaired) electrons. The first-order valence-electron chi connectivity index (χ1n) is 10.3. The number of hydrogen-bond acceptors (Lipinski definition) is 5. The molecule has 2 aromatic carbocycles. The number of carbonyl (C=O) groups excluding carboxylic acids is 5. The number of nitrogens with one attached hydrogen (secondary N) is 2. The molecule has 4 rings (SSSR count). The average molecular weight is 434 g/mol. The molecular formula is C23H22N4O5. The summed E-state index contributed by atoms with van der Waals surface area (Å²) in [6.45, 7) is 1.03. The third kappa shape index (κ3) is 4.36. The lowest BCUT2D eigenvalue weighted by Gasteiger charge is -2.22. The molecule has 32 heavy (non-hydrogen) atoms. The Kier molecular flexibility index (Phi) is 5.72. The van der Waals surface area contributed by atoms with E-state index in [2.05, 4.69) is 10.6 Å². The number of rotatable bonds is 7. The van der Waals surface area contributed by atoms with Crippen molar-refractivity contribution in [2.45, 2.75) is 31.8 Å². The van der Waals surface area contributed by atoms with Gasteiger partial charge in [0.1, 0.15) is 6.54 Å². The van der Waals surface area contributed by atoms with Crippen LogP contribution in [-0.2, 0) is 14.4 Å². The molecule has 1 saturated carbocycles. The molecule has 1 aliphatic heterocycles. The molecule has 2 aliphatic rings. The van der Waals surface area contributed by atoms with Crippen LogP contribution in [0.1, 0.15) is 41.7 Å². The van der Waals surface area contributed by atoms with Crippen molar-refractivity contribution in [3.05, 3.63) is 65.7 Å². The maximum Gasteiger partial charge on any atom is 0.335 e. The highest BCUT2D eigenvalue weighted by molar-refractivity contribution is 6.45. The number of carbonyl (C=O) groups is 5. The van der Waals surface area contributed by atoms with Gasteiger partial charge in [-0.25, -0.2) is 14.6 Å². The Bertz CT molecular complexity index is 1100. The second kappa shape index (κ2) is 8.62. The van der Waals surface area contributed by atoms with Crippen molar-refractivity contribution in [1.82, 2.24) is 15.1 Å². The molecule has 0 spiro atoms. The first kappa shape index (κ1) is 21.2. The van der Waals surface area contributed by atoms with Gasteiger partial charge in [0.05, 0.1) is 6.04 Å². The molecular weight excluding hydrogens is 412 g/mol. The minimum absolute atomic E-state index is 0.201. The number of hydrogen-bond donors (Lipinski definition) is 2. The number of imide groups is 2. The van der Waals surface area contributed by atoms with Crippen LogP contribution in [0.3, 0.4) is 0 Å². The number of urea groups is 1. The fraction of sp³-hybridized carbons (Fsp3) is 0.261. The van der Waals surface area contributed by atoms with E-state index < -0.39 is 36.3 Å². The normalized spacial score (nSPS) is 16.8. The van der Waals surface area contributed by atoms with Gasteiger partial charge >= 0.3 is 17.8 Å². The third-order valence-electron chi connectivity index (χ3n) is 5.38. The molecule has 2 fully saturated rings. The van der Waals surface area contributed by atoms with Crippen LogP contribution in [0.4, 0.5) is 10.5 Å². The standard InChI is InChI=1S/C23H22N4O5/c1-14(15-6-3-2-4-7-15)27-22(31)21(30)26(23(27)32)13-19(28)24-18-9-5-8-16(12-18)20(29)25-17-10-11-17/h2-9,12,14,17H,10-11,13H2,1H3,(H,24,28)(H,25,29). The lowest BCUT2D eigenvalue weighted by atomic mass is 10.1. The van der Waals surface area contributed by atoms with Gasteiger partial charge in [-0.2, -0.15) is 0 Å². The van der Waals surface area contributed by atoms with Crippen molar-refractivity contribution in [1.29, 1.82) is 0 Å². The van der Waals surface area contributed by atoms with E-state index in [-0.39, 0.29) is 11.9 Å². The SMILES string of the molecule is CC(c1ccccc1)N1C(=O)C(=O)N(CC(=O)Nc2cccc(C(=O)NC3CC3)c2)C1=O. The molecule has 1 heterocycles. The van der Waals surface area contributed by atoms with Crippen molar-refractivity contribution in [3.63, 3.8) is 0 Å². The molecule has 2 aromatic rings. The monoisotopic (exact) mass is 434 g/mol. The van der Waals surface area contributed by atoms with E-state index in [1.54, 1.807) is 55.5 Å². The number of anilines is 1. The molecule has 164 valence electrons. The molecule has 0 aromatic heterocycles. The van der Waals surface area contributed by atoms with Crippen LogP contribution in [0, 0.1) is 0 Å². The van der Waals surface area contributed by atoms with Gasteiger partial charge in [-0.1, -0.05) is 36.4 Å². The Labute approximate surface area is 184 Å². The smallest absolute Gasteiger partial charge is 0.335 e. The Morgan fingerprint density at radius 3 is 2.41 bits per heavy atom. The van der Waals surface area contributed by atoms with E-state index in [0.717, 1.165) is 17.7 Å². The lowest BCUT2D eigenvalue weighted by Crippen LogP contribution is -2.39. The fourth-order valence-electron chi connectivity index (χ4n) is 3.46. The van der Waals surface area contributed by atoms with Crippen LogP contribution in [0.2, 0.25) is 0 Å². The highest BCUT2D eigenvalue weighted by Gasteiger charge is 2.47. The molecule has 9 heteroatoms. The van der Waals surface area contributed by atoms with Crippen molar-refractivity contribution in [3.8, 4) is 0 Å². The van der Waals surface area contributed by atoms with Gasteiger partial charge in [0.25, 0.3) is 5.91 Å². The molecule has 9 nitrogen and oxygen atoms in total. The quantitative estimate of drug-likeness (QED) is 0.511. The molecule has 0 bridgehead atoms. The van der Waals surface area contributed by atoms with Gasteiger partial charge in [0.15, 0.2) is 0 Å². The van der Waals surface area contributed by atoms with Crippen molar-refractivity contribution in [2.75, 3.05) is 11.9 Å². The fourth-order valence-corrected chi connectivity index (χ4v) is 3.46. The third-order valence-corrected chi connectivity index (χ3v) is 5.38. The predicted molar refractivity (Wildman–Crippen MR) is 114 cm³/mol. The van der Waals surface area contributed by atoms with E-state index >= 15 is 0 Å². The largest absolute Gasteiger partial charge is 0.349 e. The van der Waals surface area contributed by atoms with Crippen molar-refractivity contribution >= 4 is 35.3 Å². The zero-order valence-electron chi connectivity index (χ0n) is 17.4. The maximum absolute atomic E-state index is 12.8. The summed E-state index contributed by atoms with van der Waals surface area (Å²) in [5.41, 5.74) is 1.43. The molecule has 1 atom stereocenters. The Hall–Kier alpha value is -4.01. The minimum atomic E-state index is -1.05. The number of amides is 6. The first-order valence-corrected chi connectivity index (χ1v) is 10.3. The van der Waals surface area contributed by atoms with E-state index in [4.69, 9.17) is 0 Å². The van der Waals surface area contributed by atoms with Crippen molar-refractivity contribution in [2.24, 2.45) is 0 Å². The van der Waals surface area contributed by atoms with E-state index in [0.29, 0.717) is 21.7 Å². The number of nitrogens with zero attached hydrogens (tertiary/aromatic N) is 2. The van der Waals surface area contributed by atoms with E-state index in [1.165, 1.54) is 6.07 Å². The summed E-state index contributed by atoms with van der Waals surface area (Å²) < 4.78 is 0. The molecule has 1 saturated heterocycles. The van der Waals surface area contributed by atoms with Gasteiger partial charge in [0.2, 0.25) is 5.91 Å². The van der Waals surface area contributed by atoms with Gasteiger partial charge in [-0.05, 0) is 43.5 Å². The molecule has 2 N–H and O–H groups in total. The summed E-state index contributed by atoms with van der Waals surface area (Å²) in [7, 11) is 0. The van der Waals surface area contributed by atoms with Crippen LogP contribution in [-0.4, -0.2) is 52.0 Å². The van der Waals surface area contributed by atoms with E-state index in [1.807, 2.05) is 0 Å². The summed E-state index contributed by atoms with van der Waals surface area (Å²) in [5, 5.41) is 5.43. The zero-order valence-corrected chi connectivity index (χ0v) is 17.4. The number of benzene rings is 2. The topological polar surface area (TPSA) is 116 Å². The average Bonchev–Trinajstić information content (AvgIpc) is 3.58. The Balaban J connectivity index is 1.42. The van der Waals surface area contributed by atoms with Crippen LogP contribution in [0.5, 0.6) is 0 Å². The van der Waals surface area contributed by atoms with Crippen LogP contribution < -0.4 is 10.6 Å². The zero-order chi connectivity index (χ0) is 22.8. The van der Waals surface area contributed by atoms with Gasteiger partial charge in [-0.3, -0.25) is 19.2 Å². The molecule has 1 unspecified atom stereocenters.